The molecule has 5 nitrogen and oxygen atoms in total. The van der Waals surface area contributed by atoms with Crippen molar-refractivity contribution in [2.24, 2.45) is 5.73 Å². The van der Waals surface area contributed by atoms with Crippen LogP contribution in [0.3, 0.4) is 0 Å². The fraction of sp³-hybridized carbons (Fsp3) is 0.286. The molecule has 5 heteroatoms. The average molecular weight is 255 g/mol. The number of aromatic nitrogens is 2. The molecule has 1 aromatic carbocycles. The smallest absolute Gasteiger partial charge is 0.0991 e. The predicted molar refractivity (Wildman–Crippen MR) is 73.7 cm³/mol. The highest BCUT2D eigenvalue weighted by Crippen LogP contribution is 2.12. The number of rotatable bonds is 5. The molecule has 98 valence electrons. The average Bonchev–Trinajstić information content (AvgIpc) is 2.87. The van der Waals surface area contributed by atoms with Gasteiger partial charge in [-0.3, -0.25) is 4.90 Å². The van der Waals surface area contributed by atoms with Gasteiger partial charge in [0.15, 0.2) is 0 Å². The highest BCUT2D eigenvalue weighted by molar-refractivity contribution is 5.39. The van der Waals surface area contributed by atoms with Crippen LogP contribution < -0.4 is 5.73 Å². The first-order chi connectivity index (χ1) is 9.24. The maximum absolute atomic E-state index is 8.80. The second-order valence-electron chi connectivity index (χ2n) is 4.42. The molecule has 0 unspecified atom stereocenters. The van der Waals surface area contributed by atoms with Crippen molar-refractivity contribution in [2.75, 3.05) is 20.1 Å². The third kappa shape index (κ3) is 3.19. The summed E-state index contributed by atoms with van der Waals surface area (Å²) in [5.74, 6) is 0. The maximum atomic E-state index is 8.80. The molecule has 0 fully saturated rings. The Balaban J connectivity index is 2.21. The van der Waals surface area contributed by atoms with Crippen LogP contribution >= 0.6 is 0 Å². The Morgan fingerprint density at radius 1 is 1.32 bits per heavy atom. The van der Waals surface area contributed by atoms with Crippen molar-refractivity contribution in [1.82, 2.24) is 14.7 Å². The van der Waals surface area contributed by atoms with Gasteiger partial charge in [0.25, 0.3) is 0 Å². The quantitative estimate of drug-likeness (QED) is 0.869. The second kappa shape index (κ2) is 6.14. The van der Waals surface area contributed by atoms with E-state index in [2.05, 4.69) is 16.1 Å². The zero-order valence-corrected chi connectivity index (χ0v) is 11.0. The minimum atomic E-state index is 0.640. The topological polar surface area (TPSA) is 70.9 Å². The third-order valence-electron chi connectivity index (χ3n) is 2.90. The molecule has 0 spiro atoms. The second-order valence-corrected chi connectivity index (χ2v) is 4.42. The van der Waals surface area contributed by atoms with Crippen LogP contribution in [0.25, 0.3) is 5.69 Å². The third-order valence-corrected chi connectivity index (χ3v) is 2.90. The Kier molecular flexibility index (Phi) is 4.29. The Morgan fingerprint density at radius 3 is 2.68 bits per heavy atom. The molecule has 0 amide bonds. The summed E-state index contributed by atoms with van der Waals surface area (Å²) in [6, 6.07) is 11.5. The number of benzene rings is 1. The van der Waals surface area contributed by atoms with Crippen LogP contribution in [0.5, 0.6) is 0 Å². The number of nitrogens with two attached hydrogens (primary N) is 1. The van der Waals surface area contributed by atoms with Gasteiger partial charge in [-0.25, -0.2) is 4.68 Å². The Morgan fingerprint density at radius 2 is 2.05 bits per heavy atom. The molecule has 0 bridgehead atoms. The van der Waals surface area contributed by atoms with Crippen molar-refractivity contribution >= 4 is 0 Å². The van der Waals surface area contributed by atoms with E-state index in [9.17, 15) is 0 Å². The van der Waals surface area contributed by atoms with Gasteiger partial charge in [0, 0.05) is 25.8 Å². The fourth-order valence-electron chi connectivity index (χ4n) is 1.94. The molecule has 1 heterocycles. The molecule has 0 atom stereocenters. The molecular formula is C14H17N5. The van der Waals surface area contributed by atoms with E-state index < -0.39 is 0 Å². The van der Waals surface area contributed by atoms with E-state index in [0.29, 0.717) is 12.1 Å². The highest BCUT2D eigenvalue weighted by atomic mass is 15.3. The van der Waals surface area contributed by atoms with Gasteiger partial charge in [0.2, 0.25) is 0 Å². The van der Waals surface area contributed by atoms with E-state index in [-0.39, 0.29) is 0 Å². The number of likely N-dealkylation sites (N-methyl/N-ethyl adjacent to an activating group) is 1. The Labute approximate surface area is 112 Å². The number of nitrogens with zero attached hydrogens (tertiary/aromatic N) is 4. The largest absolute Gasteiger partial charge is 0.329 e. The normalized spacial score (nSPS) is 10.6. The van der Waals surface area contributed by atoms with E-state index in [1.807, 2.05) is 29.9 Å². The van der Waals surface area contributed by atoms with Crippen LogP contribution in [0.15, 0.2) is 36.5 Å². The summed E-state index contributed by atoms with van der Waals surface area (Å²) >= 11 is 0. The molecule has 1 aromatic heterocycles. The molecule has 0 saturated heterocycles. The van der Waals surface area contributed by atoms with Crippen molar-refractivity contribution < 1.29 is 0 Å². The monoisotopic (exact) mass is 255 g/mol. The van der Waals surface area contributed by atoms with Gasteiger partial charge in [0.1, 0.15) is 0 Å². The Bertz CT molecular complexity index is 564. The van der Waals surface area contributed by atoms with Crippen molar-refractivity contribution in [2.45, 2.75) is 6.54 Å². The van der Waals surface area contributed by atoms with Gasteiger partial charge < -0.3 is 5.73 Å². The van der Waals surface area contributed by atoms with E-state index in [4.69, 9.17) is 11.0 Å². The summed E-state index contributed by atoms with van der Waals surface area (Å²) < 4.78 is 1.88. The fourth-order valence-corrected chi connectivity index (χ4v) is 1.94. The predicted octanol–water partition coefficient (Wildman–Crippen LogP) is 1.13. The van der Waals surface area contributed by atoms with Gasteiger partial charge >= 0.3 is 0 Å². The summed E-state index contributed by atoms with van der Waals surface area (Å²) in [6.07, 6.45) is 1.78. The Hall–Kier alpha value is -2.16. The first kappa shape index (κ1) is 13.3. The van der Waals surface area contributed by atoms with Crippen molar-refractivity contribution in [3.05, 3.63) is 47.8 Å². The molecule has 0 aliphatic heterocycles. The summed E-state index contributed by atoms with van der Waals surface area (Å²) in [4.78, 5) is 2.15. The minimum Gasteiger partial charge on any atom is -0.329 e. The molecule has 0 radical (unpaired) electrons. The van der Waals surface area contributed by atoms with Gasteiger partial charge in [0.05, 0.1) is 23.0 Å². The lowest BCUT2D eigenvalue weighted by atomic mass is 10.2. The molecule has 2 aromatic rings. The van der Waals surface area contributed by atoms with Gasteiger partial charge in [-0.1, -0.05) is 0 Å². The van der Waals surface area contributed by atoms with Crippen LogP contribution in [-0.4, -0.2) is 34.8 Å². The maximum Gasteiger partial charge on any atom is 0.0991 e. The number of nitriles is 1. The first-order valence-electron chi connectivity index (χ1n) is 6.16. The summed E-state index contributed by atoms with van der Waals surface area (Å²) in [5, 5.41) is 13.1. The van der Waals surface area contributed by atoms with E-state index in [0.717, 1.165) is 24.5 Å². The molecule has 0 aliphatic rings. The zero-order chi connectivity index (χ0) is 13.7. The standard InChI is InChI=1S/C14H17N5/c1-18(9-7-15)11-14-6-8-17-19(14)13-4-2-12(10-16)3-5-13/h2-6,8H,7,9,11,15H2,1H3. The van der Waals surface area contributed by atoms with Crippen LogP contribution in [-0.2, 0) is 6.54 Å². The van der Waals surface area contributed by atoms with E-state index in [1.165, 1.54) is 0 Å². The number of hydrogen-bond acceptors (Lipinski definition) is 4. The summed E-state index contributed by atoms with van der Waals surface area (Å²) in [7, 11) is 2.03. The first-order valence-corrected chi connectivity index (χ1v) is 6.16. The van der Waals surface area contributed by atoms with Crippen LogP contribution in [0, 0.1) is 11.3 Å². The molecule has 0 saturated carbocycles. The number of hydrogen-bond donors (Lipinski definition) is 1. The molecule has 2 rings (SSSR count). The lowest BCUT2D eigenvalue weighted by Gasteiger charge is -2.16. The van der Waals surface area contributed by atoms with Crippen molar-refractivity contribution in [1.29, 1.82) is 5.26 Å². The molecular weight excluding hydrogens is 238 g/mol. The van der Waals surface area contributed by atoms with Crippen LogP contribution in [0.1, 0.15) is 11.3 Å². The van der Waals surface area contributed by atoms with Gasteiger partial charge in [-0.2, -0.15) is 10.4 Å². The molecule has 19 heavy (non-hydrogen) atoms. The molecule has 0 aliphatic carbocycles. The van der Waals surface area contributed by atoms with Gasteiger partial charge in [-0.05, 0) is 37.4 Å². The molecule has 2 N–H and O–H groups in total. The lowest BCUT2D eigenvalue weighted by molar-refractivity contribution is 0.329. The SMILES string of the molecule is CN(CCN)Cc1ccnn1-c1ccc(C#N)cc1. The van der Waals surface area contributed by atoms with Crippen molar-refractivity contribution in [3.63, 3.8) is 0 Å². The lowest BCUT2D eigenvalue weighted by Crippen LogP contribution is -2.26. The van der Waals surface area contributed by atoms with E-state index >= 15 is 0 Å². The zero-order valence-electron chi connectivity index (χ0n) is 11.0. The van der Waals surface area contributed by atoms with Gasteiger partial charge in [-0.15, -0.1) is 0 Å². The minimum absolute atomic E-state index is 0.640. The van der Waals surface area contributed by atoms with Crippen LogP contribution in [0.4, 0.5) is 0 Å². The van der Waals surface area contributed by atoms with E-state index in [1.54, 1.807) is 18.3 Å². The van der Waals surface area contributed by atoms with Crippen LogP contribution in [0.2, 0.25) is 0 Å². The summed E-state index contributed by atoms with van der Waals surface area (Å²) in [5.41, 5.74) is 8.25. The van der Waals surface area contributed by atoms with Crippen molar-refractivity contribution in [3.8, 4) is 11.8 Å². The highest BCUT2D eigenvalue weighted by Gasteiger charge is 2.07. The summed E-state index contributed by atoms with van der Waals surface area (Å²) in [6.45, 7) is 2.28.